The van der Waals surface area contributed by atoms with E-state index < -0.39 is 0 Å². The average molecular weight is 409 g/mol. The maximum absolute atomic E-state index is 9.72. The fraction of sp³-hybridized carbons (Fsp3) is 0.174. The van der Waals surface area contributed by atoms with E-state index in [-0.39, 0.29) is 11.8 Å². The number of rotatable bonds is 2. The van der Waals surface area contributed by atoms with E-state index >= 15 is 0 Å². The Morgan fingerprint density at radius 3 is 2.29 bits per heavy atom. The van der Waals surface area contributed by atoms with Crippen LogP contribution >= 0.6 is 23.2 Å². The average Bonchev–Trinajstić information content (AvgIpc) is 2.70. The molecule has 0 bridgehead atoms. The molecule has 28 heavy (non-hydrogen) atoms. The smallest absolute Gasteiger partial charge is 0.205 e. The summed E-state index contributed by atoms with van der Waals surface area (Å²) in [6.45, 7) is 0. The number of hydrogen-bond donors (Lipinski definition) is 1. The van der Waals surface area contributed by atoms with Crippen LogP contribution < -0.4 is 5.73 Å². The minimum Gasteiger partial charge on any atom is -0.440 e. The van der Waals surface area contributed by atoms with E-state index in [4.69, 9.17) is 33.7 Å². The van der Waals surface area contributed by atoms with Crippen molar-refractivity contribution in [3.8, 4) is 6.07 Å². The van der Waals surface area contributed by atoms with Crippen molar-refractivity contribution < 1.29 is 4.74 Å². The molecule has 0 amide bonds. The molecule has 0 saturated heterocycles. The summed E-state index contributed by atoms with van der Waals surface area (Å²) < 4.78 is 5.97. The normalized spacial score (nSPS) is 20.6. The molecule has 0 unspecified atom stereocenters. The summed E-state index contributed by atoms with van der Waals surface area (Å²) >= 11 is 12.1. The van der Waals surface area contributed by atoms with Crippen LogP contribution in [0.2, 0.25) is 10.0 Å². The summed E-state index contributed by atoms with van der Waals surface area (Å²) in [5, 5.41) is 11.1. The minimum atomic E-state index is -0.208. The van der Waals surface area contributed by atoms with E-state index in [2.05, 4.69) is 12.1 Å². The van der Waals surface area contributed by atoms with Crippen molar-refractivity contribution in [3.63, 3.8) is 0 Å². The zero-order valence-corrected chi connectivity index (χ0v) is 16.6. The van der Waals surface area contributed by atoms with E-state index in [1.165, 1.54) is 0 Å². The zero-order chi connectivity index (χ0) is 19.7. The van der Waals surface area contributed by atoms with Crippen LogP contribution in [0, 0.1) is 11.3 Å². The monoisotopic (exact) mass is 408 g/mol. The van der Waals surface area contributed by atoms with E-state index in [1.807, 2.05) is 48.5 Å². The zero-order valence-electron chi connectivity index (χ0n) is 15.1. The van der Waals surface area contributed by atoms with E-state index in [1.54, 1.807) is 0 Å². The highest BCUT2D eigenvalue weighted by molar-refractivity contribution is 6.30. The molecule has 0 spiro atoms. The second-order valence-electron chi connectivity index (χ2n) is 6.91. The number of allylic oxidation sites excluding steroid dienone is 3. The second kappa shape index (κ2) is 7.75. The van der Waals surface area contributed by atoms with Gasteiger partial charge in [0.2, 0.25) is 5.88 Å². The van der Waals surface area contributed by atoms with Crippen molar-refractivity contribution in [3.05, 3.63) is 98.1 Å². The molecule has 0 aromatic heterocycles. The highest BCUT2D eigenvalue weighted by Crippen LogP contribution is 2.46. The number of benzene rings is 2. The molecule has 2 aromatic rings. The number of hydrogen-bond acceptors (Lipinski definition) is 3. The summed E-state index contributed by atoms with van der Waals surface area (Å²) in [4.78, 5) is 0. The Balaban J connectivity index is 1.82. The quantitative estimate of drug-likeness (QED) is 0.631. The Bertz CT molecular complexity index is 1040. The van der Waals surface area contributed by atoms with Gasteiger partial charge in [-0.05, 0) is 71.9 Å². The molecule has 1 aliphatic carbocycles. The van der Waals surface area contributed by atoms with Gasteiger partial charge in [-0.1, -0.05) is 47.5 Å². The summed E-state index contributed by atoms with van der Waals surface area (Å²) in [6.07, 6.45) is 4.85. The topological polar surface area (TPSA) is 59.0 Å². The summed E-state index contributed by atoms with van der Waals surface area (Å²) in [6, 6.07) is 17.5. The van der Waals surface area contributed by atoms with Crippen molar-refractivity contribution in [2.45, 2.75) is 25.2 Å². The first-order valence-corrected chi connectivity index (χ1v) is 9.85. The van der Waals surface area contributed by atoms with Crippen LogP contribution in [0.4, 0.5) is 0 Å². The molecule has 2 aromatic carbocycles. The third-order valence-corrected chi connectivity index (χ3v) is 5.63. The maximum atomic E-state index is 9.72. The Morgan fingerprint density at radius 2 is 1.64 bits per heavy atom. The molecule has 0 saturated carbocycles. The maximum Gasteiger partial charge on any atom is 0.205 e. The van der Waals surface area contributed by atoms with Crippen LogP contribution in [-0.2, 0) is 4.74 Å². The number of nitrogens with two attached hydrogens (primary N) is 1. The van der Waals surface area contributed by atoms with E-state index in [9.17, 15) is 5.26 Å². The predicted molar refractivity (Wildman–Crippen MR) is 112 cm³/mol. The Labute approximate surface area is 174 Å². The first-order valence-electron chi connectivity index (χ1n) is 9.09. The van der Waals surface area contributed by atoms with Gasteiger partial charge in [-0.25, -0.2) is 0 Å². The van der Waals surface area contributed by atoms with Crippen LogP contribution in [0.3, 0.4) is 0 Å². The standard InChI is InChI=1S/C23H18Cl2N2O/c24-17-8-4-14(5-9-17)12-16-2-1-3-19-21(15-6-10-18(25)11-7-15)20(13-26)23(27)28-22(16)19/h4-12,21H,1-3,27H2/b16-12+/t21-/m1/s1. The van der Waals surface area contributed by atoms with Crippen molar-refractivity contribution in [1.29, 1.82) is 5.26 Å². The van der Waals surface area contributed by atoms with Crippen LogP contribution in [0.25, 0.3) is 6.08 Å². The molecule has 1 aliphatic heterocycles. The van der Waals surface area contributed by atoms with E-state index in [0.29, 0.717) is 15.6 Å². The van der Waals surface area contributed by atoms with Crippen molar-refractivity contribution in [1.82, 2.24) is 0 Å². The predicted octanol–water partition coefficient (Wildman–Crippen LogP) is 6.32. The first kappa shape index (κ1) is 18.7. The lowest BCUT2D eigenvalue weighted by Crippen LogP contribution is -2.23. The van der Waals surface area contributed by atoms with Gasteiger partial charge in [-0.15, -0.1) is 0 Å². The SMILES string of the molecule is N#CC1=C(N)OC2=C(CCC/C2=C\c2ccc(Cl)cc2)[C@H]1c1ccc(Cl)cc1. The number of ether oxygens (including phenoxy) is 1. The minimum absolute atomic E-state index is 0.171. The Morgan fingerprint density at radius 1 is 1.00 bits per heavy atom. The van der Waals surface area contributed by atoms with E-state index in [0.717, 1.165) is 47.3 Å². The number of halogens is 2. The van der Waals surface area contributed by atoms with Gasteiger partial charge in [0.1, 0.15) is 17.4 Å². The Kier molecular flexibility index (Phi) is 5.17. The van der Waals surface area contributed by atoms with Crippen molar-refractivity contribution in [2.24, 2.45) is 5.73 Å². The van der Waals surface area contributed by atoms with Crippen LogP contribution in [0.5, 0.6) is 0 Å². The van der Waals surface area contributed by atoms with Crippen molar-refractivity contribution >= 4 is 29.3 Å². The molecule has 2 N–H and O–H groups in total. The summed E-state index contributed by atoms with van der Waals surface area (Å²) in [5.41, 5.74) is 10.8. The van der Waals surface area contributed by atoms with Gasteiger partial charge in [-0.2, -0.15) is 5.26 Å². The third kappa shape index (κ3) is 3.54. The highest BCUT2D eigenvalue weighted by Gasteiger charge is 2.35. The number of nitrogens with zero attached hydrogens (tertiary/aromatic N) is 1. The van der Waals surface area contributed by atoms with Gasteiger partial charge < -0.3 is 10.5 Å². The molecule has 5 heteroatoms. The molecular weight excluding hydrogens is 391 g/mol. The molecule has 4 rings (SSSR count). The van der Waals surface area contributed by atoms with Gasteiger partial charge >= 0.3 is 0 Å². The molecule has 2 aliphatic rings. The van der Waals surface area contributed by atoms with Gasteiger partial charge in [0.25, 0.3) is 0 Å². The van der Waals surface area contributed by atoms with Gasteiger partial charge in [0.05, 0.1) is 0 Å². The lowest BCUT2D eigenvalue weighted by atomic mass is 9.77. The second-order valence-corrected chi connectivity index (χ2v) is 7.78. The molecule has 1 atom stereocenters. The van der Waals surface area contributed by atoms with Gasteiger partial charge in [-0.3, -0.25) is 0 Å². The highest BCUT2D eigenvalue weighted by atomic mass is 35.5. The molecule has 0 radical (unpaired) electrons. The summed E-state index contributed by atoms with van der Waals surface area (Å²) in [5.74, 6) is 0.752. The van der Waals surface area contributed by atoms with Gasteiger partial charge in [0, 0.05) is 16.0 Å². The molecular formula is C23H18Cl2N2O. The van der Waals surface area contributed by atoms with Crippen LogP contribution in [-0.4, -0.2) is 0 Å². The lowest BCUT2D eigenvalue weighted by Gasteiger charge is -2.33. The fourth-order valence-corrected chi connectivity index (χ4v) is 4.08. The largest absolute Gasteiger partial charge is 0.440 e. The molecule has 0 fully saturated rings. The van der Waals surface area contributed by atoms with Gasteiger partial charge in [0.15, 0.2) is 0 Å². The molecule has 140 valence electrons. The first-order chi connectivity index (χ1) is 13.6. The van der Waals surface area contributed by atoms with Crippen LogP contribution in [0.1, 0.15) is 36.3 Å². The van der Waals surface area contributed by atoms with Crippen LogP contribution in [0.15, 0.2) is 76.9 Å². The third-order valence-electron chi connectivity index (χ3n) is 5.12. The molecule has 1 heterocycles. The summed E-state index contributed by atoms with van der Waals surface area (Å²) in [7, 11) is 0. The lowest BCUT2D eigenvalue weighted by molar-refractivity contribution is 0.277. The fourth-order valence-electron chi connectivity index (χ4n) is 3.83. The Hall–Kier alpha value is -2.67. The molecule has 3 nitrogen and oxygen atoms in total. The van der Waals surface area contributed by atoms with Crippen molar-refractivity contribution in [2.75, 3.05) is 0 Å². The number of nitriles is 1.